The maximum absolute atomic E-state index is 12.7. The zero-order chi connectivity index (χ0) is 15.4. The number of ether oxygens (including phenoxy) is 3. The first-order chi connectivity index (χ1) is 10.1. The lowest BCUT2D eigenvalue weighted by Gasteiger charge is -2.37. The van der Waals surface area contributed by atoms with E-state index in [1.165, 1.54) is 0 Å². The SMILES string of the molecule is COc1cc(OC)cc(C(=O)N2CC(CCl)OCC2C)c1. The number of rotatable bonds is 4. The molecule has 0 aromatic heterocycles. The molecular weight excluding hydrogens is 294 g/mol. The number of halogens is 1. The molecule has 6 heteroatoms. The van der Waals surface area contributed by atoms with Crippen molar-refractivity contribution < 1.29 is 19.0 Å². The monoisotopic (exact) mass is 313 g/mol. The summed E-state index contributed by atoms with van der Waals surface area (Å²) in [7, 11) is 3.12. The van der Waals surface area contributed by atoms with Crippen LogP contribution >= 0.6 is 11.6 Å². The lowest BCUT2D eigenvalue weighted by Crippen LogP contribution is -2.51. The highest BCUT2D eigenvalue weighted by Gasteiger charge is 2.30. The van der Waals surface area contributed by atoms with Crippen LogP contribution in [0.25, 0.3) is 0 Å². The maximum atomic E-state index is 12.7. The minimum absolute atomic E-state index is 0.00848. The number of alkyl halides is 1. The quantitative estimate of drug-likeness (QED) is 0.799. The van der Waals surface area contributed by atoms with Gasteiger partial charge in [-0.25, -0.2) is 0 Å². The van der Waals surface area contributed by atoms with Gasteiger partial charge >= 0.3 is 0 Å². The topological polar surface area (TPSA) is 48.0 Å². The van der Waals surface area contributed by atoms with Gasteiger partial charge in [-0.1, -0.05) is 0 Å². The fourth-order valence-electron chi connectivity index (χ4n) is 2.29. The third-order valence-corrected chi connectivity index (χ3v) is 3.88. The highest BCUT2D eigenvalue weighted by molar-refractivity contribution is 6.18. The van der Waals surface area contributed by atoms with Crippen molar-refractivity contribution in [1.29, 1.82) is 0 Å². The smallest absolute Gasteiger partial charge is 0.254 e. The lowest BCUT2D eigenvalue weighted by atomic mass is 10.1. The highest BCUT2D eigenvalue weighted by atomic mass is 35.5. The van der Waals surface area contributed by atoms with E-state index < -0.39 is 0 Å². The van der Waals surface area contributed by atoms with Crippen molar-refractivity contribution in [3.05, 3.63) is 23.8 Å². The Morgan fingerprint density at radius 2 is 1.95 bits per heavy atom. The van der Waals surface area contributed by atoms with Crippen molar-refractivity contribution in [1.82, 2.24) is 4.90 Å². The Hall–Kier alpha value is -1.46. The number of hydrogen-bond donors (Lipinski definition) is 0. The molecule has 5 nitrogen and oxygen atoms in total. The number of benzene rings is 1. The average molecular weight is 314 g/mol. The molecule has 0 N–H and O–H groups in total. The molecule has 116 valence electrons. The second-order valence-corrected chi connectivity index (χ2v) is 5.33. The standard InChI is InChI=1S/C15H20ClNO4/c1-10-9-21-14(7-16)8-17(10)15(18)11-4-12(19-2)6-13(5-11)20-3/h4-6,10,14H,7-9H2,1-3H3. The molecule has 21 heavy (non-hydrogen) atoms. The van der Waals surface area contributed by atoms with Gasteiger partial charge in [-0.05, 0) is 19.1 Å². The summed E-state index contributed by atoms with van der Waals surface area (Å²) in [6, 6.07) is 5.17. The number of amides is 1. The van der Waals surface area contributed by atoms with E-state index in [0.717, 1.165) is 0 Å². The van der Waals surface area contributed by atoms with Gasteiger partial charge in [0, 0.05) is 18.2 Å². The number of nitrogens with zero attached hydrogens (tertiary/aromatic N) is 1. The van der Waals surface area contributed by atoms with E-state index in [9.17, 15) is 4.79 Å². The van der Waals surface area contributed by atoms with Crippen molar-refractivity contribution in [2.75, 3.05) is 33.3 Å². The largest absolute Gasteiger partial charge is 0.497 e. The van der Waals surface area contributed by atoms with Crippen molar-refractivity contribution >= 4 is 17.5 Å². The van der Waals surface area contributed by atoms with E-state index in [2.05, 4.69) is 0 Å². The number of carbonyl (C=O) groups excluding carboxylic acids is 1. The third-order valence-electron chi connectivity index (χ3n) is 3.54. The van der Waals surface area contributed by atoms with Crippen molar-refractivity contribution in [2.45, 2.75) is 19.1 Å². The molecular formula is C15H20ClNO4. The van der Waals surface area contributed by atoms with Gasteiger partial charge in [-0.15, -0.1) is 11.6 Å². The molecule has 1 amide bonds. The van der Waals surface area contributed by atoms with E-state index in [-0.39, 0.29) is 18.1 Å². The van der Waals surface area contributed by atoms with Crippen molar-refractivity contribution in [3.63, 3.8) is 0 Å². The van der Waals surface area contributed by atoms with E-state index in [4.69, 9.17) is 25.8 Å². The summed E-state index contributed by atoms with van der Waals surface area (Å²) in [5, 5.41) is 0. The van der Waals surface area contributed by atoms with Gasteiger partial charge in [-0.2, -0.15) is 0 Å². The molecule has 1 aliphatic rings. The van der Waals surface area contributed by atoms with Gasteiger partial charge in [0.05, 0.1) is 38.9 Å². The van der Waals surface area contributed by atoms with Crippen LogP contribution in [0.5, 0.6) is 11.5 Å². The molecule has 0 spiro atoms. The molecule has 2 unspecified atom stereocenters. The van der Waals surface area contributed by atoms with Crippen LogP contribution in [0.3, 0.4) is 0 Å². The minimum Gasteiger partial charge on any atom is -0.497 e. The fraction of sp³-hybridized carbons (Fsp3) is 0.533. The number of methoxy groups -OCH3 is 2. The Morgan fingerprint density at radius 1 is 1.33 bits per heavy atom. The zero-order valence-corrected chi connectivity index (χ0v) is 13.2. The Morgan fingerprint density at radius 3 is 2.48 bits per heavy atom. The van der Waals surface area contributed by atoms with Gasteiger partial charge in [-0.3, -0.25) is 4.79 Å². The van der Waals surface area contributed by atoms with Gasteiger partial charge in [0.25, 0.3) is 5.91 Å². The van der Waals surface area contributed by atoms with Gasteiger partial charge in [0.1, 0.15) is 11.5 Å². The van der Waals surface area contributed by atoms with Gasteiger partial charge < -0.3 is 19.1 Å². The first-order valence-corrected chi connectivity index (χ1v) is 7.34. The van der Waals surface area contributed by atoms with Gasteiger partial charge in [0.15, 0.2) is 0 Å². The summed E-state index contributed by atoms with van der Waals surface area (Å²) in [5.41, 5.74) is 0.535. The van der Waals surface area contributed by atoms with E-state index in [1.54, 1.807) is 37.3 Å². The molecule has 0 aliphatic carbocycles. The number of carbonyl (C=O) groups is 1. The Bertz CT molecular complexity index is 486. The second-order valence-electron chi connectivity index (χ2n) is 5.02. The summed E-state index contributed by atoms with van der Waals surface area (Å²) >= 11 is 5.84. The summed E-state index contributed by atoms with van der Waals surface area (Å²) in [6.07, 6.45) is -0.126. The predicted octanol–water partition coefficient (Wildman–Crippen LogP) is 2.17. The number of hydrogen-bond acceptors (Lipinski definition) is 4. The molecule has 1 aliphatic heterocycles. The van der Waals surface area contributed by atoms with Crippen molar-refractivity contribution in [3.8, 4) is 11.5 Å². The van der Waals surface area contributed by atoms with Crippen LogP contribution in [0.2, 0.25) is 0 Å². The molecule has 0 saturated carbocycles. The Labute approximate surface area is 129 Å². The summed E-state index contributed by atoms with van der Waals surface area (Å²) in [6.45, 7) is 2.94. The summed E-state index contributed by atoms with van der Waals surface area (Å²) in [5.74, 6) is 1.48. The van der Waals surface area contributed by atoms with Crippen LogP contribution in [-0.2, 0) is 4.74 Å². The van der Waals surface area contributed by atoms with E-state index in [1.807, 2.05) is 6.92 Å². The van der Waals surface area contributed by atoms with Gasteiger partial charge in [0.2, 0.25) is 0 Å². The maximum Gasteiger partial charge on any atom is 0.254 e. The van der Waals surface area contributed by atoms with Crippen LogP contribution in [-0.4, -0.2) is 56.2 Å². The Kier molecular flexibility index (Phi) is 5.31. The number of morpholine rings is 1. The molecule has 2 atom stereocenters. The lowest BCUT2D eigenvalue weighted by molar-refractivity contribution is -0.0371. The zero-order valence-electron chi connectivity index (χ0n) is 12.5. The van der Waals surface area contributed by atoms with E-state index in [0.29, 0.717) is 36.1 Å². The third kappa shape index (κ3) is 3.60. The highest BCUT2D eigenvalue weighted by Crippen LogP contribution is 2.25. The molecule has 1 aromatic carbocycles. The predicted molar refractivity (Wildman–Crippen MR) is 80.5 cm³/mol. The van der Waals surface area contributed by atoms with Crippen LogP contribution in [0.1, 0.15) is 17.3 Å². The first kappa shape index (κ1) is 15.9. The van der Waals surface area contributed by atoms with Crippen LogP contribution in [0, 0.1) is 0 Å². The molecule has 1 heterocycles. The molecule has 0 bridgehead atoms. The van der Waals surface area contributed by atoms with E-state index >= 15 is 0 Å². The van der Waals surface area contributed by atoms with Crippen LogP contribution in [0.15, 0.2) is 18.2 Å². The second kappa shape index (κ2) is 7.00. The normalized spacial score (nSPS) is 22.0. The minimum atomic E-state index is -0.126. The van der Waals surface area contributed by atoms with Crippen molar-refractivity contribution in [2.24, 2.45) is 0 Å². The molecule has 1 saturated heterocycles. The molecule has 1 fully saturated rings. The average Bonchev–Trinajstić information content (AvgIpc) is 2.54. The fourth-order valence-corrected chi connectivity index (χ4v) is 2.48. The molecule has 1 aromatic rings. The molecule has 2 rings (SSSR count). The first-order valence-electron chi connectivity index (χ1n) is 6.80. The summed E-state index contributed by atoms with van der Waals surface area (Å²) in [4.78, 5) is 14.5. The van der Waals surface area contributed by atoms with Crippen LogP contribution in [0.4, 0.5) is 0 Å². The Balaban J connectivity index is 2.25. The molecule has 0 radical (unpaired) electrons. The summed E-state index contributed by atoms with van der Waals surface area (Å²) < 4.78 is 16.0. The van der Waals surface area contributed by atoms with Crippen LogP contribution < -0.4 is 9.47 Å².